The third-order valence-electron chi connectivity index (χ3n) is 1.95. The summed E-state index contributed by atoms with van der Waals surface area (Å²) in [7, 11) is 0. The van der Waals surface area contributed by atoms with Crippen LogP contribution in [0.5, 0.6) is 0 Å². The zero-order valence-electron chi connectivity index (χ0n) is 8.08. The number of nitriles is 2. The van der Waals surface area contributed by atoms with Crippen molar-refractivity contribution in [2.45, 2.75) is 6.54 Å². The lowest BCUT2D eigenvalue weighted by atomic mass is 10.3. The molecular formula is C9H6N6S. The number of aromatic nitrogens is 3. The minimum atomic E-state index is 0.139. The average molecular weight is 230 g/mol. The Hall–Kier alpha value is -2.38. The van der Waals surface area contributed by atoms with E-state index in [1.807, 2.05) is 12.1 Å². The second kappa shape index (κ2) is 4.01. The fourth-order valence-corrected chi connectivity index (χ4v) is 1.95. The Morgan fingerprint density at radius 3 is 2.75 bits per heavy atom. The van der Waals surface area contributed by atoms with Crippen molar-refractivity contribution in [3.8, 4) is 12.1 Å². The van der Waals surface area contributed by atoms with Gasteiger partial charge in [-0.3, -0.25) is 0 Å². The van der Waals surface area contributed by atoms with Gasteiger partial charge >= 0.3 is 0 Å². The van der Waals surface area contributed by atoms with Gasteiger partial charge in [0.1, 0.15) is 12.1 Å². The molecule has 7 heteroatoms. The molecule has 2 N–H and O–H groups in total. The summed E-state index contributed by atoms with van der Waals surface area (Å²) in [6, 6.07) is 3.82. The van der Waals surface area contributed by atoms with Crippen LogP contribution in [0.15, 0.2) is 12.5 Å². The highest BCUT2D eigenvalue weighted by Gasteiger charge is 2.10. The summed E-state index contributed by atoms with van der Waals surface area (Å²) in [6.07, 6.45) is 3.11. The highest BCUT2D eigenvalue weighted by molar-refractivity contribution is 7.15. The molecule has 6 nitrogen and oxygen atoms in total. The Labute approximate surface area is 95.2 Å². The summed E-state index contributed by atoms with van der Waals surface area (Å²) >= 11 is 1.34. The maximum atomic E-state index is 8.90. The Morgan fingerprint density at radius 1 is 1.38 bits per heavy atom. The van der Waals surface area contributed by atoms with E-state index in [1.54, 1.807) is 10.8 Å². The molecule has 0 atom stereocenters. The summed E-state index contributed by atoms with van der Waals surface area (Å²) in [4.78, 5) is 8.66. The highest BCUT2D eigenvalue weighted by Crippen LogP contribution is 2.17. The molecule has 0 saturated heterocycles. The Balaban J connectivity index is 2.33. The predicted molar refractivity (Wildman–Crippen MR) is 57.3 cm³/mol. The number of imidazole rings is 1. The summed E-state index contributed by atoms with van der Waals surface area (Å²) in [5.41, 5.74) is 5.90. The predicted octanol–water partition coefficient (Wildman–Crippen LogP) is 0.713. The van der Waals surface area contributed by atoms with E-state index in [2.05, 4.69) is 9.97 Å². The lowest BCUT2D eigenvalue weighted by molar-refractivity contribution is 0.795. The van der Waals surface area contributed by atoms with Gasteiger partial charge in [-0.25, -0.2) is 9.97 Å². The Bertz CT molecular complexity index is 596. The molecule has 78 valence electrons. The molecule has 0 saturated carbocycles. The molecule has 0 radical (unpaired) electrons. The molecule has 0 amide bonds. The number of nitrogen functional groups attached to an aromatic ring is 1. The summed E-state index contributed by atoms with van der Waals surface area (Å²) in [6.45, 7) is 0.451. The molecule has 0 bridgehead atoms. The normalized spacial score (nSPS) is 9.62. The van der Waals surface area contributed by atoms with Crippen molar-refractivity contribution < 1.29 is 0 Å². The van der Waals surface area contributed by atoms with Gasteiger partial charge in [0.05, 0.1) is 12.9 Å². The third kappa shape index (κ3) is 1.72. The van der Waals surface area contributed by atoms with Crippen LogP contribution in [0.1, 0.15) is 16.3 Å². The second-order valence-corrected chi connectivity index (χ2v) is 4.10. The van der Waals surface area contributed by atoms with Crippen molar-refractivity contribution in [3.63, 3.8) is 0 Å². The zero-order valence-corrected chi connectivity index (χ0v) is 8.90. The van der Waals surface area contributed by atoms with Crippen LogP contribution in [0.4, 0.5) is 5.13 Å². The molecule has 16 heavy (non-hydrogen) atoms. The van der Waals surface area contributed by atoms with Crippen LogP contribution in [0, 0.1) is 22.7 Å². The highest BCUT2D eigenvalue weighted by atomic mass is 32.1. The van der Waals surface area contributed by atoms with Gasteiger partial charge in [-0.1, -0.05) is 0 Å². The lowest BCUT2D eigenvalue weighted by Crippen LogP contribution is -1.99. The van der Waals surface area contributed by atoms with Gasteiger partial charge in [0, 0.05) is 11.1 Å². The summed E-state index contributed by atoms with van der Waals surface area (Å²) < 4.78 is 1.60. The second-order valence-electron chi connectivity index (χ2n) is 2.96. The molecule has 0 unspecified atom stereocenters. The molecule has 2 aromatic heterocycles. The van der Waals surface area contributed by atoms with E-state index >= 15 is 0 Å². The van der Waals surface area contributed by atoms with Crippen LogP contribution in [0.2, 0.25) is 0 Å². The number of thiazole rings is 1. The van der Waals surface area contributed by atoms with Gasteiger partial charge in [-0.05, 0) is 0 Å². The smallest absolute Gasteiger partial charge is 0.180 e. The van der Waals surface area contributed by atoms with Crippen LogP contribution in [0.3, 0.4) is 0 Å². The van der Waals surface area contributed by atoms with Crippen LogP contribution >= 0.6 is 11.3 Å². The summed E-state index contributed by atoms with van der Waals surface area (Å²) in [5.74, 6) is 0. The monoisotopic (exact) mass is 230 g/mol. The number of hydrogen-bond acceptors (Lipinski definition) is 6. The van der Waals surface area contributed by atoms with Crippen molar-refractivity contribution in [1.82, 2.24) is 14.5 Å². The minimum absolute atomic E-state index is 0.139. The average Bonchev–Trinajstić information content (AvgIpc) is 2.85. The van der Waals surface area contributed by atoms with Crippen molar-refractivity contribution >= 4 is 16.5 Å². The van der Waals surface area contributed by atoms with E-state index in [9.17, 15) is 0 Å². The fourth-order valence-electron chi connectivity index (χ4n) is 1.26. The van der Waals surface area contributed by atoms with Crippen molar-refractivity contribution in [3.05, 3.63) is 28.8 Å². The Kier molecular flexibility index (Phi) is 2.54. The SMILES string of the molecule is N#Cc1ncn(Cc2cnc(N)s2)c1C#N. The maximum Gasteiger partial charge on any atom is 0.180 e. The van der Waals surface area contributed by atoms with E-state index in [1.165, 1.54) is 17.7 Å². The first-order valence-electron chi connectivity index (χ1n) is 4.30. The molecule has 0 aliphatic rings. The largest absolute Gasteiger partial charge is 0.375 e. The van der Waals surface area contributed by atoms with E-state index in [0.29, 0.717) is 11.7 Å². The van der Waals surface area contributed by atoms with Gasteiger partial charge < -0.3 is 10.3 Å². The van der Waals surface area contributed by atoms with E-state index in [-0.39, 0.29) is 11.4 Å². The maximum absolute atomic E-state index is 8.90. The minimum Gasteiger partial charge on any atom is -0.375 e. The molecule has 2 aromatic rings. The summed E-state index contributed by atoms with van der Waals surface area (Å²) in [5, 5.41) is 18.1. The van der Waals surface area contributed by atoms with Crippen molar-refractivity contribution in [2.24, 2.45) is 0 Å². The quantitative estimate of drug-likeness (QED) is 0.818. The fraction of sp³-hybridized carbons (Fsp3) is 0.111. The first-order valence-corrected chi connectivity index (χ1v) is 5.11. The molecular weight excluding hydrogens is 224 g/mol. The molecule has 2 heterocycles. The van der Waals surface area contributed by atoms with Crippen LogP contribution in [-0.2, 0) is 6.54 Å². The van der Waals surface area contributed by atoms with Crippen molar-refractivity contribution in [1.29, 1.82) is 10.5 Å². The van der Waals surface area contributed by atoms with Gasteiger partial charge in [0.25, 0.3) is 0 Å². The van der Waals surface area contributed by atoms with Gasteiger partial charge in [0.15, 0.2) is 16.5 Å². The standard InChI is InChI=1S/C9H6N6S/c10-1-7-8(2-11)15(5-14-7)4-6-3-13-9(12)16-6/h3,5H,4H2,(H2,12,13). The number of nitrogens with zero attached hydrogens (tertiary/aromatic N) is 5. The first-order chi connectivity index (χ1) is 7.74. The van der Waals surface area contributed by atoms with E-state index < -0.39 is 0 Å². The zero-order chi connectivity index (χ0) is 11.5. The topological polar surface area (TPSA) is 104 Å². The van der Waals surface area contributed by atoms with E-state index in [4.69, 9.17) is 16.3 Å². The van der Waals surface area contributed by atoms with Crippen molar-refractivity contribution in [2.75, 3.05) is 5.73 Å². The van der Waals surface area contributed by atoms with Crippen LogP contribution in [0.25, 0.3) is 0 Å². The van der Waals surface area contributed by atoms with Gasteiger partial charge in [0.2, 0.25) is 0 Å². The van der Waals surface area contributed by atoms with E-state index in [0.717, 1.165) is 4.88 Å². The third-order valence-corrected chi connectivity index (χ3v) is 2.76. The molecule has 0 aliphatic heterocycles. The molecule has 0 aromatic carbocycles. The number of hydrogen-bond donors (Lipinski definition) is 1. The Morgan fingerprint density at radius 2 is 2.19 bits per heavy atom. The van der Waals surface area contributed by atoms with Gasteiger partial charge in [-0.15, -0.1) is 11.3 Å². The molecule has 0 aliphatic carbocycles. The molecule has 0 spiro atoms. The molecule has 2 rings (SSSR count). The number of nitrogens with two attached hydrogens (primary N) is 1. The van der Waals surface area contributed by atoms with Gasteiger partial charge in [-0.2, -0.15) is 10.5 Å². The number of anilines is 1. The van der Waals surface area contributed by atoms with Crippen LogP contribution in [-0.4, -0.2) is 14.5 Å². The first kappa shape index (κ1) is 10.1. The lowest BCUT2D eigenvalue weighted by Gasteiger charge is -1.99. The number of rotatable bonds is 2. The van der Waals surface area contributed by atoms with Crippen LogP contribution < -0.4 is 5.73 Å². The molecule has 0 fully saturated rings.